The van der Waals surface area contributed by atoms with Crippen molar-refractivity contribution in [3.05, 3.63) is 54.3 Å². The molecular formula is C13H12FNO. The summed E-state index contributed by atoms with van der Waals surface area (Å²) in [5.41, 5.74) is 1.68. The van der Waals surface area contributed by atoms with Crippen molar-refractivity contribution in [1.82, 2.24) is 0 Å². The zero-order valence-electron chi connectivity index (χ0n) is 8.91. The molecule has 0 fully saturated rings. The molecule has 0 atom stereocenters. The van der Waals surface area contributed by atoms with Crippen molar-refractivity contribution in [2.75, 3.05) is 12.4 Å². The van der Waals surface area contributed by atoms with Crippen LogP contribution in [0.25, 0.3) is 0 Å². The van der Waals surface area contributed by atoms with Crippen molar-refractivity contribution in [1.29, 1.82) is 0 Å². The molecule has 2 aromatic rings. The molecular weight excluding hydrogens is 205 g/mol. The van der Waals surface area contributed by atoms with Gasteiger partial charge in [0, 0.05) is 11.8 Å². The van der Waals surface area contributed by atoms with Crippen LogP contribution < -0.4 is 10.1 Å². The Morgan fingerprint density at radius 2 is 1.81 bits per heavy atom. The monoisotopic (exact) mass is 217 g/mol. The van der Waals surface area contributed by atoms with Crippen LogP contribution in [0.2, 0.25) is 0 Å². The molecule has 0 aliphatic rings. The van der Waals surface area contributed by atoms with Crippen molar-refractivity contribution in [2.24, 2.45) is 0 Å². The summed E-state index contributed by atoms with van der Waals surface area (Å²) < 4.78 is 18.1. The zero-order chi connectivity index (χ0) is 11.4. The van der Waals surface area contributed by atoms with Gasteiger partial charge in [-0.05, 0) is 24.3 Å². The molecule has 0 saturated heterocycles. The van der Waals surface area contributed by atoms with Gasteiger partial charge in [-0.1, -0.05) is 18.2 Å². The fraction of sp³-hybridized carbons (Fsp3) is 0.0769. The highest BCUT2D eigenvalue weighted by Crippen LogP contribution is 2.27. The van der Waals surface area contributed by atoms with Gasteiger partial charge in [-0.2, -0.15) is 0 Å². The smallest absolute Gasteiger partial charge is 0.145 e. The topological polar surface area (TPSA) is 21.3 Å². The molecule has 0 bridgehead atoms. The van der Waals surface area contributed by atoms with Gasteiger partial charge in [-0.3, -0.25) is 0 Å². The summed E-state index contributed by atoms with van der Waals surface area (Å²) >= 11 is 0. The van der Waals surface area contributed by atoms with E-state index in [0.29, 0.717) is 5.75 Å². The number of methoxy groups -OCH3 is 1. The van der Waals surface area contributed by atoms with E-state index in [1.54, 1.807) is 6.07 Å². The van der Waals surface area contributed by atoms with Gasteiger partial charge in [0.05, 0.1) is 12.8 Å². The summed E-state index contributed by atoms with van der Waals surface area (Å²) in [5, 5.41) is 3.16. The quantitative estimate of drug-likeness (QED) is 0.848. The van der Waals surface area contributed by atoms with Crippen LogP contribution in [0.3, 0.4) is 0 Å². The van der Waals surface area contributed by atoms with Crippen molar-refractivity contribution in [2.45, 2.75) is 0 Å². The maximum atomic E-state index is 13.0. The number of benzene rings is 2. The molecule has 0 radical (unpaired) electrons. The number of hydrogen-bond acceptors (Lipinski definition) is 2. The Morgan fingerprint density at radius 1 is 1.06 bits per heavy atom. The number of nitrogens with one attached hydrogen (secondary N) is 1. The average Bonchev–Trinajstić information content (AvgIpc) is 2.33. The summed E-state index contributed by atoms with van der Waals surface area (Å²) in [4.78, 5) is 0. The molecule has 82 valence electrons. The molecule has 1 N–H and O–H groups in total. The lowest BCUT2D eigenvalue weighted by Gasteiger charge is -2.10. The Balaban J connectivity index is 2.28. The molecule has 0 aliphatic carbocycles. The van der Waals surface area contributed by atoms with Gasteiger partial charge in [0.15, 0.2) is 0 Å². The molecule has 0 saturated carbocycles. The second-order valence-corrected chi connectivity index (χ2v) is 3.34. The molecule has 16 heavy (non-hydrogen) atoms. The minimum atomic E-state index is -0.310. The highest BCUT2D eigenvalue weighted by atomic mass is 19.1. The first-order valence-corrected chi connectivity index (χ1v) is 4.95. The molecule has 0 unspecified atom stereocenters. The van der Waals surface area contributed by atoms with Crippen LogP contribution in [0.1, 0.15) is 0 Å². The summed E-state index contributed by atoms with van der Waals surface area (Å²) in [6, 6.07) is 14.1. The Hall–Kier alpha value is -2.03. The van der Waals surface area contributed by atoms with E-state index in [1.807, 2.05) is 30.3 Å². The van der Waals surface area contributed by atoms with Gasteiger partial charge in [-0.25, -0.2) is 4.39 Å². The van der Waals surface area contributed by atoms with E-state index < -0.39 is 0 Å². The van der Waals surface area contributed by atoms with Crippen LogP contribution >= 0.6 is 0 Å². The highest BCUT2D eigenvalue weighted by molar-refractivity contribution is 5.66. The second kappa shape index (κ2) is 4.66. The summed E-state index contributed by atoms with van der Waals surface area (Å²) in [6.45, 7) is 0. The average molecular weight is 217 g/mol. The third-order valence-corrected chi connectivity index (χ3v) is 2.22. The Morgan fingerprint density at radius 3 is 2.50 bits per heavy atom. The number of rotatable bonds is 3. The standard InChI is InChI=1S/C13H12FNO/c1-16-13-9-10(14)7-8-12(13)15-11-5-3-2-4-6-11/h2-9,15H,1H3. The number of hydrogen-bond donors (Lipinski definition) is 1. The Bertz CT molecular complexity index is 471. The molecule has 0 aliphatic heterocycles. The SMILES string of the molecule is COc1cc(F)ccc1Nc1ccccc1. The summed E-state index contributed by atoms with van der Waals surface area (Å²) in [6.07, 6.45) is 0. The number of anilines is 2. The predicted molar refractivity (Wildman–Crippen MR) is 62.7 cm³/mol. The lowest BCUT2D eigenvalue weighted by molar-refractivity contribution is 0.413. The van der Waals surface area contributed by atoms with Crippen molar-refractivity contribution >= 4 is 11.4 Å². The van der Waals surface area contributed by atoms with Crippen LogP contribution in [0, 0.1) is 5.82 Å². The fourth-order valence-electron chi connectivity index (χ4n) is 1.45. The molecule has 2 rings (SSSR count). The molecule has 0 aromatic heterocycles. The largest absolute Gasteiger partial charge is 0.494 e. The van der Waals surface area contributed by atoms with E-state index >= 15 is 0 Å². The van der Waals surface area contributed by atoms with Crippen molar-refractivity contribution in [3.8, 4) is 5.75 Å². The van der Waals surface area contributed by atoms with Crippen LogP contribution in [0.5, 0.6) is 5.75 Å². The lowest BCUT2D eigenvalue weighted by Crippen LogP contribution is -1.94. The molecule has 2 nitrogen and oxygen atoms in total. The molecule has 2 aromatic carbocycles. The number of halogens is 1. The van der Waals surface area contributed by atoms with E-state index in [4.69, 9.17) is 4.74 Å². The fourth-order valence-corrected chi connectivity index (χ4v) is 1.45. The Kier molecular flexibility index (Phi) is 3.05. The van der Waals surface area contributed by atoms with Gasteiger partial charge < -0.3 is 10.1 Å². The molecule has 0 spiro atoms. The van der Waals surface area contributed by atoms with E-state index in [-0.39, 0.29) is 5.82 Å². The molecule has 0 heterocycles. The minimum Gasteiger partial charge on any atom is -0.494 e. The van der Waals surface area contributed by atoms with Gasteiger partial charge >= 0.3 is 0 Å². The Labute approximate surface area is 93.7 Å². The van der Waals surface area contributed by atoms with Gasteiger partial charge in [0.1, 0.15) is 11.6 Å². The first kappa shape index (κ1) is 10.5. The first-order valence-electron chi connectivity index (χ1n) is 4.95. The third kappa shape index (κ3) is 2.31. The number of para-hydroxylation sites is 1. The van der Waals surface area contributed by atoms with E-state index in [0.717, 1.165) is 11.4 Å². The highest BCUT2D eigenvalue weighted by Gasteiger charge is 2.04. The van der Waals surface area contributed by atoms with Crippen molar-refractivity contribution in [3.63, 3.8) is 0 Å². The van der Waals surface area contributed by atoms with Gasteiger partial charge in [0.2, 0.25) is 0 Å². The van der Waals surface area contributed by atoms with E-state index in [9.17, 15) is 4.39 Å². The normalized spacial score (nSPS) is 9.88. The third-order valence-electron chi connectivity index (χ3n) is 2.22. The predicted octanol–water partition coefficient (Wildman–Crippen LogP) is 3.58. The molecule has 0 amide bonds. The van der Waals surface area contributed by atoms with Gasteiger partial charge in [0.25, 0.3) is 0 Å². The lowest BCUT2D eigenvalue weighted by atomic mass is 10.2. The summed E-state index contributed by atoms with van der Waals surface area (Å²) in [5.74, 6) is 0.180. The summed E-state index contributed by atoms with van der Waals surface area (Å²) in [7, 11) is 1.52. The van der Waals surface area contributed by atoms with Crippen LogP contribution in [-0.4, -0.2) is 7.11 Å². The second-order valence-electron chi connectivity index (χ2n) is 3.34. The van der Waals surface area contributed by atoms with Crippen LogP contribution in [0.15, 0.2) is 48.5 Å². The van der Waals surface area contributed by atoms with Crippen LogP contribution in [0.4, 0.5) is 15.8 Å². The zero-order valence-corrected chi connectivity index (χ0v) is 8.91. The molecule has 3 heteroatoms. The minimum absolute atomic E-state index is 0.310. The van der Waals surface area contributed by atoms with E-state index in [2.05, 4.69) is 5.32 Å². The van der Waals surface area contributed by atoms with E-state index in [1.165, 1.54) is 19.2 Å². The van der Waals surface area contributed by atoms with Crippen molar-refractivity contribution < 1.29 is 9.13 Å². The maximum absolute atomic E-state index is 13.0. The number of ether oxygens (including phenoxy) is 1. The van der Waals surface area contributed by atoms with Crippen LogP contribution in [-0.2, 0) is 0 Å². The van der Waals surface area contributed by atoms with Gasteiger partial charge in [-0.15, -0.1) is 0 Å². The first-order chi connectivity index (χ1) is 7.79. The maximum Gasteiger partial charge on any atom is 0.145 e.